The van der Waals surface area contributed by atoms with Crippen molar-refractivity contribution in [3.8, 4) is 0 Å². The fraction of sp³-hybridized carbons (Fsp3) is 0.458. The number of ether oxygens (including phenoxy) is 3. The fourth-order valence-corrected chi connectivity index (χ4v) is 3.60. The first-order valence-corrected chi connectivity index (χ1v) is 10.2. The van der Waals surface area contributed by atoms with Gasteiger partial charge in [0.25, 0.3) is 0 Å². The molecule has 0 bridgehead atoms. The second-order valence-electron chi connectivity index (χ2n) is 7.24. The van der Waals surface area contributed by atoms with Gasteiger partial charge in [-0.25, -0.2) is 4.79 Å². The summed E-state index contributed by atoms with van der Waals surface area (Å²) in [4.78, 5) is 11.9. The van der Waals surface area contributed by atoms with E-state index in [0.717, 1.165) is 57.3 Å². The molecule has 1 atom stereocenters. The first-order valence-electron chi connectivity index (χ1n) is 10.2. The molecule has 0 spiro atoms. The molecule has 1 unspecified atom stereocenters. The molecule has 4 nitrogen and oxygen atoms in total. The van der Waals surface area contributed by atoms with Gasteiger partial charge < -0.3 is 14.2 Å². The number of carbonyl (C=O) groups excluding carboxylic acids is 1. The molecular weight excluding hydrogens is 352 g/mol. The van der Waals surface area contributed by atoms with Crippen LogP contribution in [0, 0.1) is 0 Å². The maximum Gasteiger partial charge on any atom is 0.338 e. The van der Waals surface area contributed by atoms with Crippen LogP contribution in [0.4, 0.5) is 0 Å². The normalized spacial score (nSPS) is 16.7. The minimum absolute atomic E-state index is 0.00466. The van der Waals surface area contributed by atoms with E-state index in [0.29, 0.717) is 5.56 Å². The highest BCUT2D eigenvalue weighted by Crippen LogP contribution is 2.16. The van der Waals surface area contributed by atoms with Crippen LogP contribution in [0.2, 0.25) is 0 Å². The van der Waals surface area contributed by atoms with Gasteiger partial charge in [0.2, 0.25) is 0 Å². The maximum atomic E-state index is 11.9. The average Bonchev–Trinajstić information content (AvgIpc) is 2.76. The molecule has 1 fully saturated rings. The highest BCUT2D eigenvalue weighted by atomic mass is 16.7. The Morgan fingerprint density at radius 2 is 1.86 bits per heavy atom. The van der Waals surface area contributed by atoms with E-state index in [2.05, 4.69) is 24.3 Å². The molecule has 2 aromatic rings. The summed E-state index contributed by atoms with van der Waals surface area (Å²) >= 11 is 0. The molecular formula is C24H30O4. The predicted octanol–water partition coefficient (Wildman–Crippen LogP) is 4.73. The lowest BCUT2D eigenvalue weighted by Gasteiger charge is -2.22. The second-order valence-corrected chi connectivity index (χ2v) is 7.24. The number of esters is 1. The van der Waals surface area contributed by atoms with Crippen molar-refractivity contribution < 1.29 is 19.0 Å². The van der Waals surface area contributed by atoms with Crippen molar-refractivity contribution >= 4 is 5.97 Å². The lowest BCUT2D eigenvalue weighted by molar-refractivity contribution is -0.162. The van der Waals surface area contributed by atoms with Crippen LogP contribution in [-0.2, 0) is 33.5 Å². The third-order valence-corrected chi connectivity index (χ3v) is 5.15. The van der Waals surface area contributed by atoms with Crippen LogP contribution in [0.25, 0.3) is 0 Å². The number of aryl methyl sites for hydroxylation is 3. The Kier molecular flexibility index (Phi) is 8.07. The van der Waals surface area contributed by atoms with E-state index in [1.165, 1.54) is 24.7 Å². The first-order chi connectivity index (χ1) is 13.8. The molecule has 150 valence electrons. The highest BCUT2D eigenvalue weighted by Gasteiger charge is 2.13. The van der Waals surface area contributed by atoms with Crippen molar-refractivity contribution in [1.29, 1.82) is 0 Å². The summed E-state index contributed by atoms with van der Waals surface area (Å²) in [5.41, 5.74) is 4.30. The van der Waals surface area contributed by atoms with Gasteiger partial charge in [-0.1, -0.05) is 42.5 Å². The zero-order valence-corrected chi connectivity index (χ0v) is 16.7. The molecule has 1 heterocycles. The van der Waals surface area contributed by atoms with E-state index >= 15 is 0 Å². The van der Waals surface area contributed by atoms with E-state index < -0.39 is 0 Å². The van der Waals surface area contributed by atoms with Crippen LogP contribution < -0.4 is 0 Å². The van der Waals surface area contributed by atoms with Crippen LogP contribution in [0.15, 0.2) is 48.5 Å². The number of benzene rings is 2. The third-order valence-electron chi connectivity index (χ3n) is 5.15. The zero-order chi connectivity index (χ0) is 19.6. The summed E-state index contributed by atoms with van der Waals surface area (Å²) in [5, 5.41) is 0. The SMILES string of the molecule is COC(=O)c1ccccc1CCc1cccc(CCCOC2CCCCO2)c1. The molecule has 0 N–H and O–H groups in total. The molecule has 0 aromatic heterocycles. The average molecular weight is 383 g/mol. The topological polar surface area (TPSA) is 44.8 Å². The molecule has 1 aliphatic rings. The van der Waals surface area contributed by atoms with Crippen molar-refractivity contribution in [2.24, 2.45) is 0 Å². The van der Waals surface area contributed by atoms with Gasteiger partial charge in [0.15, 0.2) is 6.29 Å². The summed E-state index contributed by atoms with van der Waals surface area (Å²) < 4.78 is 16.3. The van der Waals surface area contributed by atoms with Gasteiger partial charge in [-0.05, 0) is 67.7 Å². The summed E-state index contributed by atoms with van der Waals surface area (Å²) in [6.07, 6.45) is 7.07. The molecule has 28 heavy (non-hydrogen) atoms. The van der Waals surface area contributed by atoms with Crippen LogP contribution >= 0.6 is 0 Å². The molecule has 1 aliphatic heterocycles. The van der Waals surface area contributed by atoms with Gasteiger partial charge in [0.05, 0.1) is 19.3 Å². The van der Waals surface area contributed by atoms with E-state index in [1.54, 1.807) is 0 Å². The predicted molar refractivity (Wildman–Crippen MR) is 109 cm³/mol. The number of rotatable bonds is 9. The number of carbonyl (C=O) groups is 1. The number of hydrogen-bond acceptors (Lipinski definition) is 4. The number of hydrogen-bond donors (Lipinski definition) is 0. The van der Waals surface area contributed by atoms with Gasteiger partial charge >= 0.3 is 5.97 Å². The van der Waals surface area contributed by atoms with Crippen LogP contribution in [-0.4, -0.2) is 32.6 Å². The smallest absolute Gasteiger partial charge is 0.338 e. The molecule has 0 aliphatic carbocycles. The Labute approximate surface area is 167 Å². The first kappa shape index (κ1) is 20.6. The van der Waals surface area contributed by atoms with Crippen LogP contribution in [0.1, 0.15) is 52.7 Å². The monoisotopic (exact) mass is 382 g/mol. The molecule has 2 aromatic carbocycles. The summed E-state index contributed by atoms with van der Waals surface area (Å²) in [6, 6.07) is 16.4. The zero-order valence-electron chi connectivity index (χ0n) is 16.7. The molecule has 3 rings (SSSR count). The van der Waals surface area contributed by atoms with Crippen molar-refractivity contribution in [2.75, 3.05) is 20.3 Å². The van der Waals surface area contributed by atoms with E-state index in [-0.39, 0.29) is 12.3 Å². The van der Waals surface area contributed by atoms with Gasteiger partial charge in [0, 0.05) is 6.61 Å². The van der Waals surface area contributed by atoms with E-state index in [1.807, 2.05) is 24.3 Å². The molecule has 4 heteroatoms. The Hall–Kier alpha value is -2.17. The second kappa shape index (κ2) is 11.0. The lowest BCUT2D eigenvalue weighted by atomic mass is 9.98. The summed E-state index contributed by atoms with van der Waals surface area (Å²) in [6.45, 7) is 1.56. The van der Waals surface area contributed by atoms with Gasteiger partial charge in [-0.15, -0.1) is 0 Å². The minimum Gasteiger partial charge on any atom is -0.465 e. The van der Waals surface area contributed by atoms with E-state index in [4.69, 9.17) is 14.2 Å². The molecule has 1 saturated heterocycles. The van der Waals surface area contributed by atoms with Gasteiger partial charge in [-0.3, -0.25) is 0 Å². The Morgan fingerprint density at radius 1 is 1.04 bits per heavy atom. The Balaban J connectivity index is 1.48. The van der Waals surface area contributed by atoms with Gasteiger partial charge in [0.1, 0.15) is 0 Å². The van der Waals surface area contributed by atoms with E-state index in [9.17, 15) is 4.79 Å². The minimum atomic E-state index is -0.272. The van der Waals surface area contributed by atoms with Crippen molar-refractivity contribution in [2.45, 2.75) is 51.2 Å². The summed E-state index contributed by atoms with van der Waals surface area (Å²) in [7, 11) is 1.42. The van der Waals surface area contributed by atoms with Gasteiger partial charge in [-0.2, -0.15) is 0 Å². The fourth-order valence-electron chi connectivity index (χ4n) is 3.60. The Bertz CT molecular complexity index is 750. The van der Waals surface area contributed by atoms with Crippen LogP contribution in [0.3, 0.4) is 0 Å². The van der Waals surface area contributed by atoms with Crippen molar-refractivity contribution in [3.63, 3.8) is 0 Å². The molecule has 0 radical (unpaired) electrons. The maximum absolute atomic E-state index is 11.9. The van der Waals surface area contributed by atoms with Crippen molar-refractivity contribution in [3.05, 3.63) is 70.8 Å². The third kappa shape index (κ3) is 6.18. The number of methoxy groups -OCH3 is 1. The molecule has 0 amide bonds. The standard InChI is InChI=1S/C24H30O4/c1-26-24(25)22-12-3-2-11-21(22)15-14-20-9-6-8-19(18-20)10-7-17-28-23-13-4-5-16-27-23/h2-3,6,8-9,11-12,18,23H,4-5,7,10,13-17H2,1H3. The summed E-state index contributed by atoms with van der Waals surface area (Å²) in [5.74, 6) is -0.272. The lowest BCUT2D eigenvalue weighted by Crippen LogP contribution is -2.22. The Morgan fingerprint density at radius 3 is 2.64 bits per heavy atom. The largest absolute Gasteiger partial charge is 0.465 e. The highest BCUT2D eigenvalue weighted by molar-refractivity contribution is 5.90. The van der Waals surface area contributed by atoms with Crippen LogP contribution in [0.5, 0.6) is 0 Å². The van der Waals surface area contributed by atoms with Crippen molar-refractivity contribution in [1.82, 2.24) is 0 Å². The quantitative estimate of drug-likeness (QED) is 0.464. The molecule has 0 saturated carbocycles.